The fourth-order valence-electron chi connectivity index (χ4n) is 0.966. The first kappa shape index (κ1) is 11.6. The summed E-state index contributed by atoms with van der Waals surface area (Å²) in [7, 11) is -3.51. The van der Waals surface area contributed by atoms with Gasteiger partial charge in [-0.3, -0.25) is 0 Å². The summed E-state index contributed by atoms with van der Waals surface area (Å²) >= 11 is 0. The lowest BCUT2D eigenvalue weighted by Crippen LogP contribution is -2.24. The van der Waals surface area contributed by atoms with Crippen LogP contribution in [0.3, 0.4) is 0 Å². The number of nitrogens with one attached hydrogen (secondary N) is 1. The van der Waals surface area contributed by atoms with Crippen LogP contribution in [0, 0.1) is 12.3 Å². The van der Waals surface area contributed by atoms with Gasteiger partial charge in [0.15, 0.2) is 0 Å². The maximum atomic E-state index is 11.6. The number of phenols is 1. The molecule has 0 fully saturated rings. The predicted octanol–water partition coefficient (Wildman–Crippen LogP) is 0.694. The number of phenolic OH excluding ortho intramolecular Hbond substituents is 1. The van der Waals surface area contributed by atoms with Gasteiger partial charge in [-0.1, -0.05) is 0 Å². The summed E-state index contributed by atoms with van der Waals surface area (Å²) in [5, 5.41) is 8.99. The minimum absolute atomic E-state index is 0.0255. The zero-order chi connectivity index (χ0) is 11.3. The van der Waals surface area contributed by atoms with Crippen LogP contribution in [-0.4, -0.2) is 20.1 Å². The lowest BCUT2D eigenvalue weighted by atomic mass is 10.3. The van der Waals surface area contributed by atoms with Gasteiger partial charge in [-0.25, -0.2) is 13.1 Å². The number of terminal acetylenes is 1. The Morgan fingerprint density at radius 2 is 1.93 bits per heavy atom. The molecule has 0 amide bonds. The molecule has 0 spiro atoms. The number of benzene rings is 1. The Morgan fingerprint density at radius 1 is 1.33 bits per heavy atom. The van der Waals surface area contributed by atoms with Gasteiger partial charge in [0.25, 0.3) is 0 Å². The van der Waals surface area contributed by atoms with E-state index in [-0.39, 0.29) is 17.2 Å². The van der Waals surface area contributed by atoms with Crippen LogP contribution < -0.4 is 4.72 Å². The second kappa shape index (κ2) is 4.82. The molecule has 4 nitrogen and oxygen atoms in total. The zero-order valence-corrected chi connectivity index (χ0v) is 8.79. The van der Waals surface area contributed by atoms with Gasteiger partial charge in [-0.2, -0.15) is 0 Å². The van der Waals surface area contributed by atoms with E-state index in [1.807, 2.05) is 0 Å². The highest BCUT2D eigenvalue weighted by Gasteiger charge is 2.12. The van der Waals surface area contributed by atoms with Crippen molar-refractivity contribution in [3.05, 3.63) is 24.3 Å². The normalized spacial score (nSPS) is 10.9. The molecule has 0 aliphatic carbocycles. The minimum atomic E-state index is -3.51. The first-order chi connectivity index (χ1) is 7.06. The molecule has 1 aromatic carbocycles. The molecule has 0 aliphatic rings. The molecule has 0 atom stereocenters. The molecule has 0 saturated heterocycles. The molecule has 0 aliphatic heterocycles. The quantitative estimate of drug-likeness (QED) is 0.585. The number of rotatable bonds is 4. The number of aromatic hydroxyl groups is 1. The first-order valence-corrected chi connectivity index (χ1v) is 5.77. The third-order valence-corrected chi connectivity index (χ3v) is 3.19. The van der Waals surface area contributed by atoms with E-state index in [0.29, 0.717) is 6.42 Å². The molecule has 0 aromatic heterocycles. The van der Waals surface area contributed by atoms with E-state index in [0.717, 1.165) is 0 Å². The van der Waals surface area contributed by atoms with Gasteiger partial charge in [0.1, 0.15) is 5.75 Å². The monoisotopic (exact) mass is 225 g/mol. The maximum Gasteiger partial charge on any atom is 0.240 e. The summed E-state index contributed by atoms with van der Waals surface area (Å²) in [5.74, 6) is 2.36. The summed E-state index contributed by atoms with van der Waals surface area (Å²) in [5.41, 5.74) is 0. The van der Waals surface area contributed by atoms with Gasteiger partial charge < -0.3 is 5.11 Å². The van der Waals surface area contributed by atoms with Crippen LogP contribution in [0.5, 0.6) is 5.75 Å². The molecule has 0 bridgehead atoms. The smallest absolute Gasteiger partial charge is 0.240 e. The van der Waals surface area contributed by atoms with Gasteiger partial charge in [0, 0.05) is 13.0 Å². The van der Waals surface area contributed by atoms with Crippen molar-refractivity contribution in [3.63, 3.8) is 0 Å². The number of sulfonamides is 1. The Kier molecular flexibility index (Phi) is 3.72. The molecule has 15 heavy (non-hydrogen) atoms. The van der Waals surface area contributed by atoms with Gasteiger partial charge in [-0.05, 0) is 24.3 Å². The lowest BCUT2D eigenvalue weighted by Gasteiger charge is -2.04. The number of hydrogen-bond donors (Lipinski definition) is 2. The second-order valence-corrected chi connectivity index (χ2v) is 4.61. The van der Waals surface area contributed by atoms with Crippen molar-refractivity contribution in [1.82, 2.24) is 4.72 Å². The van der Waals surface area contributed by atoms with Crippen LogP contribution in [0.4, 0.5) is 0 Å². The van der Waals surface area contributed by atoms with E-state index in [9.17, 15) is 8.42 Å². The Bertz CT molecular complexity index is 456. The molecular formula is C10H11NO3S. The SMILES string of the molecule is C#CCCNS(=O)(=O)c1ccc(O)cc1. The van der Waals surface area contributed by atoms with Crippen molar-refractivity contribution < 1.29 is 13.5 Å². The average Bonchev–Trinajstić information content (AvgIpc) is 2.18. The molecular weight excluding hydrogens is 214 g/mol. The zero-order valence-electron chi connectivity index (χ0n) is 7.97. The van der Waals surface area contributed by atoms with Crippen LogP contribution >= 0.6 is 0 Å². The lowest BCUT2D eigenvalue weighted by molar-refractivity contribution is 0.474. The maximum absolute atomic E-state index is 11.6. The van der Waals surface area contributed by atoms with Crippen molar-refractivity contribution in [1.29, 1.82) is 0 Å². The van der Waals surface area contributed by atoms with E-state index in [1.165, 1.54) is 24.3 Å². The van der Waals surface area contributed by atoms with E-state index < -0.39 is 10.0 Å². The molecule has 1 rings (SSSR count). The molecule has 5 heteroatoms. The van der Waals surface area contributed by atoms with Crippen LogP contribution in [0.1, 0.15) is 6.42 Å². The topological polar surface area (TPSA) is 66.4 Å². The second-order valence-electron chi connectivity index (χ2n) is 2.85. The molecule has 0 radical (unpaired) electrons. The fourth-order valence-corrected chi connectivity index (χ4v) is 2.00. The van der Waals surface area contributed by atoms with Crippen LogP contribution in [0.25, 0.3) is 0 Å². The Morgan fingerprint density at radius 3 is 2.47 bits per heavy atom. The molecule has 0 saturated carbocycles. The van der Waals surface area contributed by atoms with Crippen LogP contribution in [0.15, 0.2) is 29.2 Å². The van der Waals surface area contributed by atoms with Crippen molar-refractivity contribution in [2.24, 2.45) is 0 Å². The standard InChI is InChI=1S/C10H11NO3S/c1-2-3-8-11-15(13,14)10-6-4-9(12)5-7-10/h1,4-7,11-12H,3,8H2. The Balaban J connectivity index is 2.79. The fraction of sp³-hybridized carbons (Fsp3) is 0.200. The van der Waals surface area contributed by atoms with Gasteiger partial charge in [0.2, 0.25) is 10.0 Å². The summed E-state index contributed by atoms with van der Waals surface area (Å²) in [6.07, 6.45) is 5.34. The summed E-state index contributed by atoms with van der Waals surface area (Å²) < 4.78 is 25.5. The van der Waals surface area contributed by atoms with Crippen LogP contribution in [-0.2, 0) is 10.0 Å². The highest BCUT2D eigenvalue weighted by Crippen LogP contribution is 2.13. The first-order valence-electron chi connectivity index (χ1n) is 4.28. The van der Waals surface area contributed by atoms with Crippen molar-refractivity contribution in [3.8, 4) is 18.1 Å². The van der Waals surface area contributed by atoms with Crippen LogP contribution in [0.2, 0.25) is 0 Å². The Labute approximate surface area is 89.0 Å². The van der Waals surface area contributed by atoms with Gasteiger partial charge >= 0.3 is 0 Å². The molecule has 0 heterocycles. The highest BCUT2D eigenvalue weighted by atomic mass is 32.2. The van der Waals surface area contributed by atoms with Crippen molar-refractivity contribution in [2.75, 3.05) is 6.54 Å². The molecule has 2 N–H and O–H groups in total. The minimum Gasteiger partial charge on any atom is -0.508 e. The predicted molar refractivity (Wildman–Crippen MR) is 56.7 cm³/mol. The summed E-state index contributed by atoms with van der Waals surface area (Å²) in [4.78, 5) is 0.109. The average molecular weight is 225 g/mol. The molecule has 0 unspecified atom stereocenters. The van der Waals surface area contributed by atoms with E-state index in [2.05, 4.69) is 10.6 Å². The Hall–Kier alpha value is -1.51. The third kappa shape index (κ3) is 3.27. The summed E-state index contributed by atoms with van der Waals surface area (Å²) in [6, 6.07) is 5.28. The third-order valence-electron chi connectivity index (χ3n) is 1.71. The highest BCUT2D eigenvalue weighted by molar-refractivity contribution is 7.89. The largest absolute Gasteiger partial charge is 0.508 e. The molecule has 1 aromatic rings. The van der Waals surface area contributed by atoms with E-state index >= 15 is 0 Å². The van der Waals surface area contributed by atoms with Gasteiger partial charge in [-0.15, -0.1) is 12.3 Å². The molecule has 80 valence electrons. The van der Waals surface area contributed by atoms with Crippen molar-refractivity contribution in [2.45, 2.75) is 11.3 Å². The van der Waals surface area contributed by atoms with E-state index in [1.54, 1.807) is 0 Å². The van der Waals surface area contributed by atoms with Gasteiger partial charge in [0.05, 0.1) is 4.90 Å². The summed E-state index contributed by atoms with van der Waals surface area (Å²) in [6.45, 7) is 0.208. The number of hydrogen-bond acceptors (Lipinski definition) is 3. The van der Waals surface area contributed by atoms with E-state index in [4.69, 9.17) is 11.5 Å². The van der Waals surface area contributed by atoms with Crippen molar-refractivity contribution >= 4 is 10.0 Å².